The van der Waals surface area contributed by atoms with E-state index in [0.29, 0.717) is 36.9 Å². The van der Waals surface area contributed by atoms with Crippen molar-refractivity contribution in [1.29, 1.82) is 0 Å². The van der Waals surface area contributed by atoms with Crippen LogP contribution in [0.25, 0.3) is 16.6 Å². The average molecular weight is 462 g/mol. The molecule has 0 spiro atoms. The van der Waals surface area contributed by atoms with Gasteiger partial charge < -0.3 is 14.7 Å². The van der Waals surface area contributed by atoms with Crippen LogP contribution in [0.3, 0.4) is 0 Å². The van der Waals surface area contributed by atoms with Crippen molar-refractivity contribution >= 4 is 34.2 Å². The van der Waals surface area contributed by atoms with Crippen LogP contribution in [0.2, 0.25) is 0 Å². The molecule has 0 atom stereocenters. The monoisotopic (exact) mass is 461 g/mol. The number of nitrogens with zero attached hydrogens (tertiary/aromatic N) is 5. The van der Waals surface area contributed by atoms with Crippen LogP contribution >= 0.6 is 0 Å². The molecular weight excluding hydrogens is 433 g/mol. The number of aliphatic imine (C=N–C) groups is 1. The van der Waals surface area contributed by atoms with Crippen LogP contribution in [0, 0.1) is 5.82 Å². The van der Waals surface area contributed by atoms with Gasteiger partial charge >= 0.3 is 0 Å². The lowest BCUT2D eigenvalue weighted by molar-refractivity contribution is 0.224. The van der Waals surface area contributed by atoms with Crippen LogP contribution in [0.5, 0.6) is 5.75 Å². The summed E-state index contributed by atoms with van der Waals surface area (Å²) in [5.74, 6) is -0.334. The predicted molar refractivity (Wildman–Crippen MR) is 132 cm³/mol. The number of aromatic nitrogens is 2. The molecule has 2 aliphatic heterocycles. The van der Waals surface area contributed by atoms with Crippen LogP contribution in [-0.4, -0.2) is 59.0 Å². The first-order valence-electron chi connectivity index (χ1n) is 11.5. The normalized spacial score (nSPS) is 16.2. The molecule has 3 heterocycles. The largest absolute Gasteiger partial charge is 0.494 e. The lowest BCUT2D eigenvalue weighted by Gasteiger charge is -2.27. The molecule has 3 aromatic rings. The summed E-state index contributed by atoms with van der Waals surface area (Å²) in [5.41, 5.74) is 6.20. The van der Waals surface area contributed by atoms with Gasteiger partial charge in [-0.1, -0.05) is 6.08 Å². The lowest BCUT2D eigenvalue weighted by Crippen LogP contribution is -2.34. The van der Waals surface area contributed by atoms with E-state index in [1.54, 1.807) is 12.3 Å². The minimum absolute atomic E-state index is 0.114. The number of aliphatic hydroxyl groups is 1. The van der Waals surface area contributed by atoms with Gasteiger partial charge in [-0.3, -0.25) is 14.9 Å². The quantitative estimate of drug-likeness (QED) is 0.617. The van der Waals surface area contributed by atoms with Gasteiger partial charge in [0.05, 0.1) is 48.9 Å². The summed E-state index contributed by atoms with van der Waals surface area (Å²) >= 11 is 0. The van der Waals surface area contributed by atoms with E-state index in [2.05, 4.69) is 28.7 Å². The SMILES string of the molecule is COc1cc(CO)cc(N2CCN(C(C)C)Cc3c2ccc2ncc(C4=CCN=C4)nc32)c1F. The van der Waals surface area contributed by atoms with E-state index in [4.69, 9.17) is 9.72 Å². The fraction of sp³-hybridized carbons (Fsp3) is 0.346. The highest BCUT2D eigenvalue weighted by Gasteiger charge is 2.28. The molecule has 8 heteroatoms. The molecule has 0 fully saturated rings. The van der Waals surface area contributed by atoms with E-state index in [1.807, 2.05) is 29.3 Å². The Morgan fingerprint density at radius 3 is 2.74 bits per heavy atom. The van der Waals surface area contributed by atoms with Gasteiger partial charge in [-0.2, -0.15) is 0 Å². The second-order valence-electron chi connectivity index (χ2n) is 8.85. The van der Waals surface area contributed by atoms with Gasteiger partial charge in [-0.05, 0) is 43.7 Å². The molecule has 0 amide bonds. The number of hydrogen-bond donors (Lipinski definition) is 1. The van der Waals surface area contributed by atoms with Crippen LogP contribution in [0.4, 0.5) is 15.8 Å². The number of rotatable bonds is 5. The van der Waals surface area contributed by atoms with Crippen molar-refractivity contribution in [2.24, 2.45) is 4.99 Å². The zero-order valence-corrected chi connectivity index (χ0v) is 19.6. The Bertz CT molecular complexity index is 1300. The summed E-state index contributed by atoms with van der Waals surface area (Å²) in [4.78, 5) is 18.3. The molecule has 7 nitrogen and oxygen atoms in total. The van der Waals surface area contributed by atoms with Crippen molar-refractivity contribution in [3.8, 4) is 5.75 Å². The maximum absolute atomic E-state index is 15.5. The van der Waals surface area contributed by atoms with Crippen LogP contribution in [0.1, 0.15) is 30.7 Å². The summed E-state index contributed by atoms with van der Waals surface area (Å²) in [6, 6.07) is 7.45. The zero-order valence-electron chi connectivity index (χ0n) is 19.6. The van der Waals surface area contributed by atoms with Crippen molar-refractivity contribution in [3.05, 3.63) is 59.2 Å². The number of benzene rings is 2. The molecule has 0 aliphatic carbocycles. The van der Waals surface area contributed by atoms with Gasteiger partial charge in [-0.25, -0.2) is 9.37 Å². The summed E-state index contributed by atoms with van der Waals surface area (Å²) in [5, 5.41) is 9.77. The molecule has 1 N–H and O–H groups in total. The van der Waals surface area contributed by atoms with Gasteiger partial charge in [0.1, 0.15) is 0 Å². The number of hydrogen-bond acceptors (Lipinski definition) is 7. The molecule has 176 valence electrons. The standard InChI is InChI=1S/C26H28FN5O2/c1-16(2)31-8-9-32(23-10-17(15-33)11-24(34-3)25(23)27)22-5-4-20-26(19(22)14-31)30-21(13-29-20)18-6-7-28-12-18/h4-6,10-13,16,33H,7-9,14-15H2,1-3H3. The maximum atomic E-state index is 15.5. The van der Waals surface area contributed by atoms with Crippen molar-refractivity contribution in [1.82, 2.24) is 14.9 Å². The Morgan fingerprint density at radius 1 is 1.18 bits per heavy atom. The predicted octanol–water partition coefficient (Wildman–Crippen LogP) is 4.10. The highest BCUT2D eigenvalue weighted by Crippen LogP contribution is 2.39. The zero-order chi connectivity index (χ0) is 23.8. The first-order chi connectivity index (χ1) is 16.5. The Balaban J connectivity index is 1.73. The third-order valence-electron chi connectivity index (χ3n) is 6.50. The molecule has 0 saturated heterocycles. The maximum Gasteiger partial charge on any atom is 0.188 e. The molecule has 0 radical (unpaired) electrons. The van der Waals surface area contributed by atoms with E-state index in [-0.39, 0.29) is 12.4 Å². The number of fused-ring (bicyclic) bond motifs is 3. The molecule has 0 unspecified atom stereocenters. The van der Waals surface area contributed by atoms with Gasteiger partial charge in [-0.15, -0.1) is 0 Å². The molecule has 1 aromatic heterocycles. The molecule has 0 saturated carbocycles. The Hall–Kier alpha value is -3.36. The number of allylic oxidation sites excluding steroid dienone is 1. The second-order valence-corrected chi connectivity index (χ2v) is 8.85. The lowest BCUT2D eigenvalue weighted by atomic mass is 10.1. The van der Waals surface area contributed by atoms with Gasteiger partial charge in [0.15, 0.2) is 11.6 Å². The third-order valence-corrected chi connectivity index (χ3v) is 6.50. The number of methoxy groups -OCH3 is 1. The topological polar surface area (TPSA) is 74.1 Å². The van der Waals surface area contributed by atoms with E-state index >= 15 is 4.39 Å². The third kappa shape index (κ3) is 3.93. The fourth-order valence-electron chi connectivity index (χ4n) is 4.59. The van der Waals surface area contributed by atoms with E-state index in [9.17, 15) is 5.11 Å². The van der Waals surface area contributed by atoms with Crippen molar-refractivity contribution < 1.29 is 14.2 Å². The van der Waals surface area contributed by atoms with E-state index in [0.717, 1.165) is 40.1 Å². The number of anilines is 2. The van der Waals surface area contributed by atoms with Crippen LogP contribution in [0.15, 0.2) is 41.5 Å². The average Bonchev–Trinajstić information content (AvgIpc) is 3.31. The van der Waals surface area contributed by atoms with Crippen molar-refractivity contribution in [3.63, 3.8) is 0 Å². The minimum Gasteiger partial charge on any atom is -0.494 e. The highest BCUT2D eigenvalue weighted by atomic mass is 19.1. The summed E-state index contributed by atoms with van der Waals surface area (Å²) < 4.78 is 20.8. The van der Waals surface area contributed by atoms with E-state index in [1.165, 1.54) is 13.2 Å². The molecule has 34 heavy (non-hydrogen) atoms. The Labute approximate surface area is 198 Å². The van der Waals surface area contributed by atoms with Crippen LogP contribution < -0.4 is 9.64 Å². The summed E-state index contributed by atoms with van der Waals surface area (Å²) in [6.45, 7) is 6.76. The molecular formula is C26H28FN5O2. The highest BCUT2D eigenvalue weighted by molar-refractivity contribution is 6.11. The first-order valence-corrected chi connectivity index (χ1v) is 11.5. The molecule has 5 rings (SSSR count). The fourth-order valence-corrected chi connectivity index (χ4v) is 4.59. The van der Waals surface area contributed by atoms with Gasteiger partial charge in [0.25, 0.3) is 0 Å². The minimum atomic E-state index is -0.448. The van der Waals surface area contributed by atoms with Gasteiger partial charge in [0.2, 0.25) is 0 Å². The molecule has 2 aromatic carbocycles. The Kier molecular flexibility index (Phi) is 6.02. The van der Waals surface area contributed by atoms with Crippen LogP contribution in [-0.2, 0) is 13.2 Å². The van der Waals surface area contributed by atoms with Crippen molar-refractivity contribution in [2.75, 3.05) is 31.6 Å². The number of halogens is 1. The summed E-state index contributed by atoms with van der Waals surface area (Å²) in [6.07, 6.45) is 5.64. The Morgan fingerprint density at radius 2 is 2.03 bits per heavy atom. The van der Waals surface area contributed by atoms with Gasteiger partial charge in [0, 0.05) is 48.7 Å². The number of ether oxygens (including phenoxy) is 1. The summed E-state index contributed by atoms with van der Waals surface area (Å²) in [7, 11) is 1.44. The molecule has 0 bridgehead atoms. The molecule has 2 aliphatic rings. The van der Waals surface area contributed by atoms with Crippen molar-refractivity contribution in [2.45, 2.75) is 33.0 Å². The first kappa shape index (κ1) is 22.4. The smallest absolute Gasteiger partial charge is 0.188 e. The van der Waals surface area contributed by atoms with E-state index < -0.39 is 5.82 Å². The second kappa shape index (κ2) is 9.12. The number of aliphatic hydroxyl groups excluding tert-OH is 1.